The maximum absolute atomic E-state index is 14.5. The van der Waals surface area contributed by atoms with Gasteiger partial charge >= 0.3 is 12.1 Å². The fourth-order valence-electron chi connectivity index (χ4n) is 10.4. The van der Waals surface area contributed by atoms with Gasteiger partial charge in [0.2, 0.25) is 0 Å². The zero-order valence-corrected chi connectivity index (χ0v) is 37.7. The Kier molecular flexibility index (Phi) is 15.2. The average molecular weight is 854 g/mol. The number of nitrogens with two attached hydrogens (primary N) is 1. The number of fused-ring (bicyclic) bond motifs is 1. The number of nitrogen functional groups attached to an aromatic ring is 1. The predicted molar refractivity (Wildman–Crippen MR) is 229 cm³/mol. The first kappa shape index (κ1) is 46.8. The Bertz CT molecular complexity index is 1810. The SMILES string of the molecule is CC[C@H]1OC(=O)[C@H](C)C(=O)[C@H](C)[C@@H](O[C@@H]2OC(C)CC(N3CCCC3)C2O)[C@](C)(OC)C[C@@H](C)CN[C@H](C)[C@H]2N(CCCCn3cc(-c4cccc(N)c4)nn3)C(=O)O[C@]12C. The highest BCUT2D eigenvalue weighted by atomic mass is 16.7. The van der Waals surface area contributed by atoms with Gasteiger partial charge in [-0.05, 0) is 117 Å². The van der Waals surface area contributed by atoms with Gasteiger partial charge in [0.15, 0.2) is 17.7 Å². The van der Waals surface area contributed by atoms with E-state index >= 15 is 0 Å². The summed E-state index contributed by atoms with van der Waals surface area (Å²) in [6, 6.07) is 6.57. The molecular weight excluding hydrogens is 783 g/mol. The Labute approximate surface area is 361 Å². The number of carbonyl (C=O) groups excluding carboxylic acids is 3. The molecule has 0 radical (unpaired) electrons. The van der Waals surface area contributed by atoms with Crippen molar-refractivity contribution >= 4 is 23.5 Å². The van der Waals surface area contributed by atoms with E-state index in [9.17, 15) is 19.5 Å². The second-order valence-electron chi connectivity index (χ2n) is 18.6. The van der Waals surface area contributed by atoms with Gasteiger partial charge in [-0.2, -0.15) is 0 Å². The van der Waals surface area contributed by atoms with Crippen molar-refractivity contribution in [2.45, 2.75) is 167 Å². The number of methoxy groups -OCH3 is 1. The minimum absolute atomic E-state index is 0.00527. The van der Waals surface area contributed by atoms with Crippen LogP contribution in [0.2, 0.25) is 0 Å². The fourth-order valence-corrected chi connectivity index (χ4v) is 10.4. The maximum atomic E-state index is 14.5. The van der Waals surface area contributed by atoms with Crippen molar-refractivity contribution in [3.8, 4) is 11.3 Å². The molecule has 4 aliphatic rings. The number of ether oxygens (including phenoxy) is 5. The van der Waals surface area contributed by atoms with Gasteiger partial charge in [0.1, 0.15) is 23.8 Å². The van der Waals surface area contributed by atoms with Gasteiger partial charge in [0, 0.05) is 49.5 Å². The number of aliphatic hydroxyl groups excluding tert-OH is 1. The fraction of sp³-hybridized carbons (Fsp3) is 0.756. The van der Waals surface area contributed by atoms with Crippen LogP contribution in [-0.4, -0.2) is 141 Å². The number of nitrogens with one attached hydrogen (secondary N) is 1. The van der Waals surface area contributed by atoms with Gasteiger partial charge in [-0.25, -0.2) is 4.79 Å². The monoisotopic (exact) mass is 854 g/mol. The Morgan fingerprint density at radius 2 is 1.77 bits per heavy atom. The molecule has 2 aromatic rings. The van der Waals surface area contributed by atoms with Crippen molar-refractivity contribution in [1.82, 2.24) is 30.1 Å². The third-order valence-corrected chi connectivity index (χ3v) is 13.8. The number of Topliss-reactive ketones (excluding diaryl/α,β-unsaturated/α-hetero) is 1. The summed E-state index contributed by atoms with van der Waals surface area (Å²) in [4.78, 5) is 46.5. The lowest BCUT2D eigenvalue weighted by atomic mass is 9.78. The Hall–Kier alpha value is -3.67. The van der Waals surface area contributed by atoms with E-state index in [1.807, 2.05) is 65.1 Å². The number of aryl methyl sites for hydroxylation is 1. The molecule has 4 saturated heterocycles. The van der Waals surface area contributed by atoms with Crippen LogP contribution in [0.25, 0.3) is 11.3 Å². The second-order valence-corrected chi connectivity index (χ2v) is 18.6. The molecule has 0 aliphatic carbocycles. The van der Waals surface area contributed by atoms with Gasteiger partial charge in [-0.15, -0.1) is 5.10 Å². The van der Waals surface area contributed by atoms with Crippen molar-refractivity contribution in [3.63, 3.8) is 0 Å². The van der Waals surface area contributed by atoms with Gasteiger partial charge < -0.3 is 39.8 Å². The van der Waals surface area contributed by atoms with Crippen LogP contribution >= 0.6 is 0 Å². The molecule has 1 aromatic heterocycles. The summed E-state index contributed by atoms with van der Waals surface area (Å²) in [5.74, 6) is -3.11. The molecule has 6 rings (SSSR count). The number of hydrogen-bond acceptors (Lipinski definition) is 14. The number of nitrogens with zero attached hydrogens (tertiary/aromatic N) is 5. The number of cyclic esters (lactones) is 1. The summed E-state index contributed by atoms with van der Waals surface area (Å²) in [6.07, 6.45) is 2.58. The summed E-state index contributed by atoms with van der Waals surface area (Å²) in [5.41, 5.74) is 5.98. The third kappa shape index (κ3) is 10.3. The molecule has 4 aliphatic heterocycles. The highest BCUT2D eigenvalue weighted by Crippen LogP contribution is 2.40. The Morgan fingerprint density at radius 3 is 2.46 bits per heavy atom. The zero-order chi connectivity index (χ0) is 44.2. The van der Waals surface area contributed by atoms with Crippen molar-refractivity contribution in [3.05, 3.63) is 30.5 Å². The number of rotatable bonds is 11. The van der Waals surface area contributed by atoms with Crippen molar-refractivity contribution < 1.29 is 43.2 Å². The van der Waals surface area contributed by atoms with Gasteiger partial charge in [-0.1, -0.05) is 38.1 Å². The number of ketones is 1. The molecule has 4 N–H and O–H groups in total. The zero-order valence-electron chi connectivity index (χ0n) is 37.7. The van der Waals surface area contributed by atoms with E-state index in [0.29, 0.717) is 51.0 Å². The molecule has 16 nitrogen and oxygen atoms in total. The molecule has 61 heavy (non-hydrogen) atoms. The van der Waals surface area contributed by atoms with E-state index in [1.54, 1.807) is 30.5 Å². The molecule has 0 spiro atoms. The minimum Gasteiger partial charge on any atom is -0.458 e. The Morgan fingerprint density at radius 1 is 1.05 bits per heavy atom. The second kappa shape index (κ2) is 19.8. The van der Waals surface area contributed by atoms with Crippen LogP contribution in [0.5, 0.6) is 0 Å². The van der Waals surface area contributed by atoms with Crippen LogP contribution in [0, 0.1) is 17.8 Å². The molecular formula is C45H71N7O9. The predicted octanol–water partition coefficient (Wildman–Crippen LogP) is 4.82. The van der Waals surface area contributed by atoms with Crippen molar-refractivity contribution in [2.24, 2.45) is 17.8 Å². The lowest BCUT2D eigenvalue weighted by Crippen LogP contribution is -2.61. The van der Waals surface area contributed by atoms with Gasteiger partial charge in [0.25, 0.3) is 0 Å². The standard InChI is InChI=1S/C45H71N7O9/c1-10-36-45(8)39(52(43(56)61-45)21-14-13-20-51-26-34(48-49-51)32-16-15-17-33(46)23-32)31(6)47-25-27(2)24-44(7,57-9)40(29(4)37(53)30(5)41(55)59-36)60-42-38(54)35(22-28(3)58-42)50-18-11-12-19-50/h15-17,23,26-31,35-36,38-40,42,47,54H,10-14,18-22,24-25,46H2,1-9H3/t27-,28?,29+,30-,31-,35?,36-,38?,39-,40-,42+,44-,45-/m1/s1. The smallest absolute Gasteiger partial charge is 0.410 e. The highest BCUT2D eigenvalue weighted by molar-refractivity contribution is 6.00. The number of aromatic nitrogens is 3. The molecule has 0 bridgehead atoms. The molecule has 340 valence electrons. The quantitative estimate of drug-likeness (QED) is 0.121. The van der Waals surface area contributed by atoms with Crippen molar-refractivity contribution in [2.75, 3.05) is 39.0 Å². The van der Waals surface area contributed by atoms with E-state index in [2.05, 4.69) is 27.5 Å². The number of carbonyl (C=O) groups is 3. The number of unbranched alkanes of at least 4 members (excludes halogenated alkanes) is 1. The summed E-state index contributed by atoms with van der Waals surface area (Å²) in [5, 5.41) is 24.1. The number of esters is 1. The van der Waals surface area contributed by atoms with E-state index in [4.69, 9.17) is 29.4 Å². The molecule has 1 amide bonds. The van der Waals surface area contributed by atoms with Crippen LogP contribution in [0.15, 0.2) is 30.5 Å². The summed E-state index contributed by atoms with van der Waals surface area (Å²) >= 11 is 0. The topological polar surface area (TPSA) is 193 Å². The third-order valence-electron chi connectivity index (χ3n) is 13.8. The number of aliphatic hydroxyl groups is 1. The number of hydrogen-bond donors (Lipinski definition) is 3. The molecule has 5 heterocycles. The van der Waals surface area contributed by atoms with E-state index in [0.717, 1.165) is 43.6 Å². The minimum atomic E-state index is -1.23. The van der Waals surface area contributed by atoms with E-state index in [1.165, 1.54) is 0 Å². The van der Waals surface area contributed by atoms with Crippen LogP contribution in [0.4, 0.5) is 10.5 Å². The molecule has 0 saturated carbocycles. The average Bonchev–Trinajstić information content (AvgIpc) is 4.00. The first-order chi connectivity index (χ1) is 29.0. The van der Waals surface area contributed by atoms with Crippen LogP contribution in [0.1, 0.15) is 100 Å². The molecule has 13 atom stereocenters. The lowest BCUT2D eigenvalue weighted by Gasteiger charge is -2.47. The first-order valence-corrected chi connectivity index (χ1v) is 22.5. The van der Waals surface area contributed by atoms with Crippen molar-refractivity contribution in [1.29, 1.82) is 0 Å². The van der Waals surface area contributed by atoms with Gasteiger partial charge in [0.05, 0.1) is 30.0 Å². The summed E-state index contributed by atoms with van der Waals surface area (Å²) in [6.45, 7) is 18.4. The first-order valence-electron chi connectivity index (χ1n) is 22.5. The van der Waals surface area contributed by atoms with Crippen LogP contribution < -0.4 is 11.1 Å². The normalized spacial score (nSPS) is 37.2. The number of benzene rings is 1. The largest absolute Gasteiger partial charge is 0.458 e. The number of anilines is 1. The molecule has 3 unspecified atom stereocenters. The number of amides is 1. The lowest BCUT2D eigenvalue weighted by molar-refractivity contribution is -0.296. The maximum Gasteiger partial charge on any atom is 0.410 e. The van der Waals surface area contributed by atoms with E-state index in [-0.39, 0.29) is 29.9 Å². The van der Waals surface area contributed by atoms with Gasteiger partial charge in [-0.3, -0.25) is 24.1 Å². The molecule has 1 aromatic carbocycles. The van der Waals surface area contributed by atoms with Crippen LogP contribution in [0.3, 0.4) is 0 Å². The summed E-state index contributed by atoms with van der Waals surface area (Å²) in [7, 11) is 1.61. The Balaban J connectivity index is 1.21. The van der Waals surface area contributed by atoms with Crippen LogP contribution in [-0.2, 0) is 39.8 Å². The molecule has 4 fully saturated rings. The number of likely N-dealkylation sites (tertiary alicyclic amines) is 1. The summed E-state index contributed by atoms with van der Waals surface area (Å²) < 4.78 is 33.6. The highest BCUT2D eigenvalue weighted by Gasteiger charge is 2.58. The molecule has 16 heteroatoms. The van der Waals surface area contributed by atoms with E-state index < -0.39 is 65.7 Å².